The predicted molar refractivity (Wildman–Crippen MR) is 95.6 cm³/mol. The third kappa shape index (κ3) is 4.36. The zero-order valence-corrected chi connectivity index (χ0v) is 15.1. The number of sulfonamides is 1. The number of benzene rings is 2. The highest BCUT2D eigenvalue weighted by molar-refractivity contribution is 7.91. The van der Waals surface area contributed by atoms with Gasteiger partial charge in [0.1, 0.15) is 0 Å². The highest BCUT2D eigenvalue weighted by Gasteiger charge is 2.35. The average Bonchev–Trinajstić information content (AvgIpc) is 2.83. The van der Waals surface area contributed by atoms with Gasteiger partial charge in [-0.25, -0.2) is 21.6 Å². The first-order valence-electron chi connectivity index (χ1n) is 7.87. The van der Waals surface area contributed by atoms with Gasteiger partial charge in [-0.05, 0) is 22.9 Å². The van der Waals surface area contributed by atoms with Crippen molar-refractivity contribution in [2.45, 2.75) is 17.0 Å². The third-order valence-corrected chi connectivity index (χ3v) is 7.35. The molecule has 0 amide bonds. The van der Waals surface area contributed by atoms with Crippen LogP contribution in [0.5, 0.6) is 0 Å². The van der Waals surface area contributed by atoms with Crippen LogP contribution >= 0.6 is 0 Å². The minimum Gasteiger partial charge on any atom is -0.390 e. The van der Waals surface area contributed by atoms with Gasteiger partial charge in [-0.3, -0.25) is 0 Å². The van der Waals surface area contributed by atoms with E-state index < -0.39 is 32.0 Å². The molecule has 3 N–H and O–H groups in total. The van der Waals surface area contributed by atoms with Gasteiger partial charge in [0.15, 0.2) is 9.84 Å². The number of rotatable bonds is 6. The van der Waals surface area contributed by atoms with Crippen molar-refractivity contribution in [1.29, 1.82) is 0 Å². The van der Waals surface area contributed by atoms with Gasteiger partial charge < -0.3 is 10.4 Å². The van der Waals surface area contributed by atoms with Crippen LogP contribution in [0.15, 0.2) is 47.4 Å². The second-order valence-electron chi connectivity index (χ2n) is 6.11. The molecule has 0 aromatic heterocycles. The second-order valence-corrected chi connectivity index (χ2v) is 10.0. The van der Waals surface area contributed by atoms with Gasteiger partial charge in [0, 0.05) is 19.1 Å². The summed E-state index contributed by atoms with van der Waals surface area (Å²) in [7, 11) is -6.88. The number of hydrogen-bond acceptors (Lipinski definition) is 6. The molecular formula is C16H20N2O5S2. The molecule has 2 aromatic carbocycles. The van der Waals surface area contributed by atoms with E-state index in [4.69, 9.17) is 0 Å². The van der Waals surface area contributed by atoms with Crippen LogP contribution in [0, 0.1) is 0 Å². The molecule has 136 valence electrons. The average molecular weight is 384 g/mol. The lowest BCUT2D eigenvalue weighted by Crippen LogP contribution is -2.42. The van der Waals surface area contributed by atoms with Crippen molar-refractivity contribution in [3.63, 3.8) is 0 Å². The van der Waals surface area contributed by atoms with Crippen LogP contribution in [-0.2, 0) is 19.9 Å². The zero-order valence-electron chi connectivity index (χ0n) is 13.4. The largest absolute Gasteiger partial charge is 0.390 e. The van der Waals surface area contributed by atoms with Crippen molar-refractivity contribution >= 4 is 30.6 Å². The number of sulfone groups is 1. The van der Waals surface area contributed by atoms with E-state index in [1.165, 1.54) is 0 Å². The maximum atomic E-state index is 12.4. The van der Waals surface area contributed by atoms with Crippen LogP contribution < -0.4 is 10.0 Å². The molecule has 1 saturated heterocycles. The van der Waals surface area contributed by atoms with Crippen LogP contribution in [-0.4, -0.2) is 58.7 Å². The lowest BCUT2D eigenvalue weighted by atomic mass is 10.1. The molecule has 2 atom stereocenters. The number of nitrogens with one attached hydrogen (secondary N) is 2. The standard InChI is InChI=1S/C16H20N2O5S2/c19-16-11-24(20,21)10-15(16)17-7-8-18-25(22,23)14-6-5-12-3-1-2-4-13(12)9-14/h1-6,9,15-19H,7-8,10-11H2/t15-,16+/m0/s1. The van der Waals surface area contributed by atoms with E-state index in [-0.39, 0.29) is 29.5 Å². The molecule has 0 bridgehead atoms. The predicted octanol–water partition coefficient (Wildman–Crippen LogP) is -0.134. The summed E-state index contributed by atoms with van der Waals surface area (Å²) in [6.45, 7) is 0.322. The third-order valence-electron chi connectivity index (χ3n) is 4.18. The summed E-state index contributed by atoms with van der Waals surface area (Å²) in [5.41, 5.74) is 0. The molecule has 1 fully saturated rings. The first kappa shape index (κ1) is 18.3. The minimum absolute atomic E-state index is 0.0957. The number of hydrogen-bond donors (Lipinski definition) is 3. The minimum atomic E-state index is -3.65. The second kappa shape index (κ2) is 7.00. The first-order chi connectivity index (χ1) is 11.8. The van der Waals surface area contributed by atoms with Crippen LogP contribution in [0.1, 0.15) is 0 Å². The molecule has 0 spiro atoms. The van der Waals surface area contributed by atoms with Gasteiger partial charge in [-0.1, -0.05) is 30.3 Å². The fraction of sp³-hybridized carbons (Fsp3) is 0.375. The molecule has 25 heavy (non-hydrogen) atoms. The lowest BCUT2D eigenvalue weighted by molar-refractivity contribution is 0.166. The van der Waals surface area contributed by atoms with E-state index in [1.54, 1.807) is 18.2 Å². The Morgan fingerprint density at radius 1 is 1.04 bits per heavy atom. The van der Waals surface area contributed by atoms with Crippen molar-refractivity contribution in [3.05, 3.63) is 42.5 Å². The summed E-state index contributed by atoms with van der Waals surface area (Å²) in [4.78, 5) is 0.176. The number of fused-ring (bicyclic) bond motifs is 1. The van der Waals surface area contributed by atoms with Crippen LogP contribution in [0.4, 0.5) is 0 Å². The van der Waals surface area contributed by atoms with Crippen molar-refractivity contribution in [2.75, 3.05) is 24.6 Å². The molecule has 0 saturated carbocycles. The van der Waals surface area contributed by atoms with Crippen LogP contribution in [0.3, 0.4) is 0 Å². The van der Waals surface area contributed by atoms with Gasteiger partial charge in [-0.2, -0.15) is 0 Å². The molecule has 0 unspecified atom stereocenters. The molecule has 7 nitrogen and oxygen atoms in total. The number of aliphatic hydroxyl groups excluding tert-OH is 1. The van der Waals surface area contributed by atoms with E-state index in [9.17, 15) is 21.9 Å². The highest BCUT2D eigenvalue weighted by Crippen LogP contribution is 2.18. The maximum Gasteiger partial charge on any atom is 0.240 e. The van der Waals surface area contributed by atoms with Gasteiger partial charge >= 0.3 is 0 Å². The Morgan fingerprint density at radius 2 is 1.76 bits per heavy atom. The fourth-order valence-electron chi connectivity index (χ4n) is 2.88. The zero-order chi connectivity index (χ0) is 18.1. The van der Waals surface area contributed by atoms with E-state index >= 15 is 0 Å². The molecule has 0 radical (unpaired) electrons. The SMILES string of the molecule is O=S1(=O)C[C@@H](O)[C@@H](NCCNS(=O)(=O)c2ccc3ccccc3c2)C1. The summed E-state index contributed by atoms with van der Waals surface area (Å²) in [5, 5.41) is 14.4. The smallest absolute Gasteiger partial charge is 0.240 e. The summed E-state index contributed by atoms with van der Waals surface area (Å²) >= 11 is 0. The molecule has 9 heteroatoms. The van der Waals surface area contributed by atoms with Crippen molar-refractivity contribution in [3.8, 4) is 0 Å². The van der Waals surface area contributed by atoms with Gasteiger partial charge in [0.05, 0.1) is 22.5 Å². The quantitative estimate of drug-likeness (QED) is 0.598. The van der Waals surface area contributed by atoms with E-state index in [0.29, 0.717) is 0 Å². The Kier molecular flexibility index (Phi) is 5.12. The Labute approximate surface area is 147 Å². The molecule has 1 heterocycles. The summed E-state index contributed by atoms with van der Waals surface area (Å²) in [6.07, 6.45) is -0.956. The molecule has 3 rings (SSSR count). The topological polar surface area (TPSA) is 113 Å². The van der Waals surface area contributed by atoms with E-state index in [2.05, 4.69) is 10.0 Å². The Balaban J connectivity index is 1.58. The normalized spacial score (nSPS) is 23.1. The summed E-state index contributed by atoms with van der Waals surface area (Å²) in [6, 6.07) is 11.8. The Bertz CT molecular complexity index is 973. The van der Waals surface area contributed by atoms with Crippen molar-refractivity contribution in [1.82, 2.24) is 10.0 Å². The van der Waals surface area contributed by atoms with Crippen LogP contribution in [0.2, 0.25) is 0 Å². The Hall–Kier alpha value is -1.52. The summed E-state index contributed by atoms with van der Waals surface area (Å²) < 4.78 is 50.0. The van der Waals surface area contributed by atoms with Crippen molar-refractivity contribution < 1.29 is 21.9 Å². The molecule has 1 aliphatic rings. The molecular weight excluding hydrogens is 364 g/mol. The fourth-order valence-corrected chi connectivity index (χ4v) is 5.73. The Morgan fingerprint density at radius 3 is 2.44 bits per heavy atom. The van der Waals surface area contributed by atoms with Crippen molar-refractivity contribution in [2.24, 2.45) is 0 Å². The molecule has 0 aliphatic carbocycles. The molecule has 1 aliphatic heterocycles. The maximum absolute atomic E-state index is 12.4. The monoisotopic (exact) mass is 384 g/mol. The van der Waals surface area contributed by atoms with E-state index in [0.717, 1.165) is 10.8 Å². The van der Waals surface area contributed by atoms with Crippen LogP contribution in [0.25, 0.3) is 10.8 Å². The highest BCUT2D eigenvalue weighted by atomic mass is 32.2. The van der Waals surface area contributed by atoms with Gasteiger partial charge in [0.2, 0.25) is 10.0 Å². The number of aliphatic hydroxyl groups is 1. The first-order valence-corrected chi connectivity index (χ1v) is 11.2. The summed E-state index contributed by atoms with van der Waals surface area (Å²) in [5.74, 6) is -0.390. The van der Waals surface area contributed by atoms with E-state index in [1.807, 2.05) is 24.3 Å². The van der Waals surface area contributed by atoms with Gasteiger partial charge in [0.25, 0.3) is 0 Å². The lowest BCUT2D eigenvalue weighted by Gasteiger charge is -2.15. The van der Waals surface area contributed by atoms with Gasteiger partial charge in [-0.15, -0.1) is 0 Å². The molecule has 2 aromatic rings.